The number of ether oxygens (including phenoxy) is 4. The quantitative estimate of drug-likeness (QED) is 0.0981. The number of cyclic esters (lactones) is 1. The van der Waals surface area contributed by atoms with E-state index >= 15 is 0 Å². The number of methoxy groups -OCH3 is 1. The standard InChI is InChI=1S/C37H56O6Si/c1-27-21-22-40-31(24-27)19-20-34(39-7)35-17-11-16-33(43-44(8,9)37(4,5)6)26-29(3)23-28(2)25-32-15-10-13-30(41-32)14-12-18-36(38)42-35/h10-11,13,16,19-21,28,30-35H,3,14-15,17,22-26H2,1-2,4-9H3/t28-,30-,31+,32-,33-,34-,35-/m0/s1. The molecular formula is C37H56O6Si. The van der Waals surface area contributed by atoms with Crippen molar-refractivity contribution in [2.24, 2.45) is 5.92 Å². The topological polar surface area (TPSA) is 63.2 Å². The molecule has 0 aromatic carbocycles. The number of carbonyl (C=O) groups is 1. The maximum Gasteiger partial charge on any atom is 0.384 e. The molecule has 3 aliphatic heterocycles. The summed E-state index contributed by atoms with van der Waals surface area (Å²) in [6, 6.07) is 0. The van der Waals surface area contributed by atoms with E-state index in [0.29, 0.717) is 25.4 Å². The lowest BCUT2D eigenvalue weighted by atomic mass is 9.91. The molecule has 0 saturated carbocycles. The van der Waals surface area contributed by atoms with Crippen molar-refractivity contribution in [3.05, 3.63) is 60.3 Å². The summed E-state index contributed by atoms with van der Waals surface area (Å²) < 4.78 is 30.9. The SMILES string of the molecule is C=C1C[C@H](C)C[C@@H]2CC=C[C@@H](CC#CC(=O)O[C@H]([C@H](C=C[C@@H]3CC(C)=CCO3)OC)CC=C[C@H](O[Si](C)(C)C(C)(C)C)C1)O2. The fourth-order valence-corrected chi connectivity index (χ4v) is 6.86. The molecule has 7 atom stereocenters. The average molecular weight is 625 g/mol. The molecule has 0 aliphatic carbocycles. The first kappa shape index (κ1) is 36.3. The van der Waals surface area contributed by atoms with Crippen molar-refractivity contribution in [2.45, 2.75) is 134 Å². The number of hydrogen-bond acceptors (Lipinski definition) is 6. The lowest BCUT2D eigenvalue weighted by Crippen LogP contribution is -2.43. The molecule has 44 heavy (non-hydrogen) atoms. The molecule has 7 heteroatoms. The third-order valence-corrected chi connectivity index (χ3v) is 13.6. The van der Waals surface area contributed by atoms with Crippen LogP contribution < -0.4 is 0 Å². The van der Waals surface area contributed by atoms with Crippen LogP contribution >= 0.6 is 0 Å². The Morgan fingerprint density at radius 3 is 2.59 bits per heavy atom. The van der Waals surface area contributed by atoms with Crippen molar-refractivity contribution in [3.8, 4) is 11.8 Å². The van der Waals surface area contributed by atoms with Crippen LogP contribution in [-0.2, 0) is 28.2 Å². The zero-order valence-electron chi connectivity index (χ0n) is 28.4. The summed E-state index contributed by atoms with van der Waals surface area (Å²) in [6.45, 7) is 20.8. The lowest BCUT2D eigenvalue weighted by Gasteiger charge is -2.39. The Balaban J connectivity index is 1.88. The molecule has 0 unspecified atom stereocenters. The second-order valence-electron chi connectivity index (χ2n) is 14.2. The summed E-state index contributed by atoms with van der Waals surface area (Å²) >= 11 is 0. The van der Waals surface area contributed by atoms with Crippen LogP contribution in [-0.4, -0.2) is 64.6 Å². The number of fused-ring (bicyclic) bond motifs is 2. The van der Waals surface area contributed by atoms with Crippen molar-refractivity contribution in [2.75, 3.05) is 13.7 Å². The fourth-order valence-electron chi connectivity index (χ4n) is 5.58. The molecule has 0 N–H and O–H groups in total. The van der Waals surface area contributed by atoms with Crippen LogP contribution in [0, 0.1) is 17.8 Å². The predicted molar refractivity (Wildman–Crippen MR) is 181 cm³/mol. The Morgan fingerprint density at radius 2 is 1.89 bits per heavy atom. The zero-order chi connectivity index (χ0) is 32.3. The normalized spacial score (nSPS) is 30.5. The highest BCUT2D eigenvalue weighted by molar-refractivity contribution is 6.74. The highest BCUT2D eigenvalue weighted by Crippen LogP contribution is 2.38. The largest absolute Gasteiger partial charge is 0.449 e. The lowest BCUT2D eigenvalue weighted by molar-refractivity contribution is -0.146. The van der Waals surface area contributed by atoms with Crippen molar-refractivity contribution in [1.82, 2.24) is 0 Å². The Morgan fingerprint density at radius 1 is 1.14 bits per heavy atom. The van der Waals surface area contributed by atoms with Crippen LogP contribution in [0.15, 0.2) is 60.3 Å². The van der Waals surface area contributed by atoms with Crippen LogP contribution in [0.3, 0.4) is 0 Å². The summed E-state index contributed by atoms with van der Waals surface area (Å²) in [4.78, 5) is 13.0. The summed E-state index contributed by atoms with van der Waals surface area (Å²) in [5.41, 5.74) is 2.48. The van der Waals surface area contributed by atoms with E-state index in [1.807, 2.05) is 18.2 Å². The molecule has 0 saturated heterocycles. The molecule has 0 amide bonds. The number of esters is 1. The van der Waals surface area contributed by atoms with Crippen molar-refractivity contribution >= 4 is 14.3 Å². The number of rotatable bonds is 6. The van der Waals surface area contributed by atoms with E-state index in [1.54, 1.807) is 7.11 Å². The first-order valence-corrected chi connectivity index (χ1v) is 19.2. The van der Waals surface area contributed by atoms with Gasteiger partial charge < -0.3 is 23.4 Å². The average Bonchev–Trinajstić information content (AvgIpc) is 2.92. The second-order valence-corrected chi connectivity index (χ2v) is 19.0. The van der Waals surface area contributed by atoms with Crippen LogP contribution in [0.4, 0.5) is 0 Å². The Hall–Kier alpha value is -2.21. The molecule has 0 aromatic rings. The minimum Gasteiger partial charge on any atom is -0.449 e. The van der Waals surface area contributed by atoms with Crippen molar-refractivity contribution in [1.29, 1.82) is 0 Å². The van der Waals surface area contributed by atoms with Gasteiger partial charge in [0.05, 0.1) is 31.0 Å². The van der Waals surface area contributed by atoms with Crippen molar-refractivity contribution < 1.29 is 28.2 Å². The van der Waals surface area contributed by atoms with Gasteiger partial charge in [0.15, 0.2) is 8.32 Å². The second kappa shape index (κ2) is 16.9. The van der Waals surface area contributed by atoms with E-state index in [-0.39, 0.29) is 29.5 Å². The molecular weight excluding hydrogens is 568 g/mol. The summed E-state index contributed by atoms with van der Waals surface area (Å²) in [6.07, 6.45) is 18.5. The third kappa shape index (κ3) is 11.9. The molecule has 2 bridgehead atoms. The summed E-state index contributed by atoms with van der Waals surface area (Å²) in [5, 5.41) is 0.0707. The van der Waals surface area contributed by atoms with E-state index in [0.717, 1.165) is 32.1 Å². The molecule has 0 spiro atoms. The molecule has 0 radical (unpaired) electrons. The van der Waals surface area contributed by atoms with E-state index in [9.17, 15) is 4.79 Å². The molecule has 0 aromatic heterocycles. The summed E-state index contributed by atoms with van der Waals surface area (Å²) in [5.74, 6) is 5.55. The van der Waals surface area contributed by atoms with Gasteiger partial charge in [0.2, 0.25) is 0 Å². The van der Waals surface area contributed by atoms with Crippen LogP contribution in [0.25, 0.3) is 0 Å². The highest BCUT2D eigenvalue weighted by Gasteiger charge is 2.39. The fraction of sp³-hybridized carbons (Fsp3) is 0.649. The van der Waals surface area contributed by atoms with E-state index in [2.05, 4.69) is 90.4 Å². The van der Waals surface area contributed by atoms with Gasteiger partial charge in [0.25, 0.3) is 0 Å². The number of carbonyl (C=O) groups excluding carboxylic acids is 1. The van der Waals surface area contributed by atoms with Crippen LogP contribution in [0.5, 0.6) is 0 Å². The van der Waals surface area contributed by atoms with Gasteiger partial charge >= 0.3 is 5.97 Å². The zero-order valence-corrected chi connectivity index (χ0v) is 29.4. The highest BCUT2D eigenvalue weighted by atomic mass is 28.4. The smallest absolute Gasteiger partial charge is 0.384 e. The maximum atomic E-state index is 13.0. The first-order valence-electron chi connectivity index (χ1n) is 16.3. The van der Waals surface area contributed by atoms with Gasteiger partial charge in [-0.25, -0.2) is 4.79 Å². The van der Waals surface area contributed by atoms with Gasteiger partial charge in [-0.3, -0.25) is 0 Å². The van der Waals surface area contributed by atoms with Crippen LogP contribution in [0.2, 0.25) is 18.1 Å². The van der Waals surface area contributed by atoms with E-state index in [1.165, 1.54) is 11.1 Å². The first-order chi connectivity index (χ1) is 20.8. The van der Waals surface area contributed by atoms with Crippen molar-refractivity contribution in [3.63, 3.8) is 0 Å². The third-order valence-electron chi connectivity index (χ3n) is 9.05. The Kier molecular flexibility index (Phi) is 13.9. The monoisotopic (exact) mass is 624 g/mol. The predicted octanol–water partition coefficient (Wildman–Crippen LogP) is 8.02. The summed E-state index contributed by atoms with van der Waals surface area (Å²) in [7, 11) is -0.430. The van der Waals surface area contributed by atoms with E-state index < -0.39 is 26.5 Å². The molecule has 3 heterocycles. The van der Waals surface area contributed by atoms with Gasteiger partial charge in [-0.1, -0.05) is 93.9 Å². The van der Waals surface area contributed by atoms with Crippen LogP contribution in [0.1, 0.15) is 79.6 Å². The molecule has 3 aliphatic rings. The van der Waals surface area contributed by atoms with Gasteiger partial charge in [0, 0.05) is 25.9 Å². The molecule has 3 rings (SSSR count). The minimum atomic E-state index is -2.06. The molecule has 6 nitrogen and oxygen atoms in total. The minimum absolute atomic E-state index is 0.0361. The molecule has 0 fully saturated rings. The Labute approximate surface area is 268 Å². The number of hydrogen-bond donors (Lipinski definition) is 0. The van der Waals surface area contributed by atoms with E-state index in [4.69, 9.17) is 23.4 Å². The van der Waals surface area contributed by atoms with Gasteiger partial charge in [-0.2, -0.15) is 0 Å². The van der Waals surface area contributed by atoms with Gasteiger partial charge in [0.1, 0.15) is 12.2 Å². The maximum absolute atomic E-state index is 13.0. The van der Waals surface area contributed by atoms with Gasteiger partial charge in [-0.15, -0.1) is 0 Å². The van der Waals surface area contributed by atoms with Gasteiger partial charge in [-0.05, 0) is 63.1 Å². The molecule has 244 valence electrons. The Bertz CT molecular complexity index is 1150.